The van der Waals surface area contributed by atoms with Crippen molar-refractivity contribution in [2.75, 3.05) is 5.32 Å². The number of carbonyl (C=O) groups excluding carboxylic acids is 1. The number of aryl methyl sites for hydroxylation is 1. The summed E-state index contributed by atoms with van der Waals surface area (Å²) in [6.45, 7) is 14.8. The van der Waals surface area contributed by atoms with Crippen LogP contribution in [0, 0.1) is 19.3 Å². The number of carbonyl (C=O) groups is 1. The van der Waals surface area contributed by atoms with Crippen LogP contribution in [-0.4, -0.2) is 11.5 Å². The van der Waals surface area contributed by atoms with E-state index in [1.165, 1.54) is 11.1 Å². The molecule has 1 heterocycles. The minimum Gasteiger partial charge on any atom is -0.487 e. The van der Waals surface area contributed by atoms with Crippen molar-refractivity contribution in [3.8, 4) is 5.75 Å². The molecule has 1 N–H and O–H groups in total. The van der Waals surface area contributed by atoms with Crippen LogP contribution in [0.1, 0.15) is 75.6 Å². The van der Waals surface area contributed by atoms with Crippen molar-refractivity contribution in [2.24, 2.45) is 5.41 Å². The molecule has 3 nitrogen and oxygen atoms in total. The summed E-state index contributed by atoms with van der Waals surface area (Å²) in [5.74, 6) is 1.36. The highest BCUT2D eigenvalue weighted by molar-refractivity contribution is 5.92. The van der Waals surface area contributed by atoms with E-state index in [4.69, 9.17) is 4.74 Å². The minimum atomic E-state index is -0.262. The molecule has 3 rings (SSSR count). The number of nitrogens with one attached hydrogen (secondary N) is 1. The molecule has 1 aliphatic heterocycles. The number of anilines is 1. The van der Waals surface area contributed by atoms with Crippen LogP contribution < -0.4 is 10.1 Å². The van der Waals surface area contributed by atoms with Crippen molar-refractivity contribution in [3.05, 3.63) is 58.7 Å². The van der Waals surface area contributed by atoms with E-state index < -0.39 is 0 Å². The lowest BCUT2D eigenvalue weighted by molar-refractivity contribution is -0.117. The van der Waals surface area contributed by atoms with Gasteiger partial charge in [0.25, 0.3) is 0 Å². The predicted octanol–water partition coefficient (Wildman–Crippen LogP) is 6.57. The third-order valence-corrected chi connectivity index (χ3v) is 5.98. The van der Waals surface area contributed by atoms with Gasteiger partial charge in [-0.2, -0.15) is 0 Å². The highest BCUT2D eigenvalue weighted by Gasteiger charge is 2.42. The summed E-state index contributed by atoms with van der Waals surface area (Å²) in [5, 5.41) is 3.16. The van der Waals surface area contributed by atoms with E-state index in [-0.39, 0.29) is 22.8 Å². The van der Waals surface area contributed by atoms with E-state index in [9.17, 15) is 4.79 Å². The molecule has 1 atom stereocenters. The molecule has 2 aromatic carbocycles. The number of hydrogen-bond donors (Lipinski definition) is 1. The van der Waals surface area contributed by atoms with Crippen LogP contribution >= 0.6 is 0 Å². The Kier molecular flexibility index (Phi) is 5.80. The fourth-order valence-corrected chi connectivity index (χ4v) is 4.29. The summed E-state index contributed by atoms with van der Waals surface area (Å²) in [6, 6.07) is 12.8. The van der Waals surface area contributed by atoms with Gasteiger partial charge in [-0.15, -0.1) is 0 Å². The molecular formula is C26H35NO2. The Hall–Kier alpha value is -2.29. The molecule has 3 heteroatoms. The molecule has 0 spiro atoms. The van der Waals surface area contributed by atoms with Crippen LogP contribution in [0.5, 0.6) is 5.75 Å². The van der Waals surface area contributed by atoms with Gasteiger partial charge in [0.2, 0.25) is 5.91 Å². The molecule has 156 valence electrons. The third kappa shape index (κ3) is 4.83. The first-order valence-electron chi connectivity index (χ1n) is 10.6. The lowest BCUT2D eigenvalue weighted by Gasteiger charge is -2.26. The Bertz CT molecular complexity index is 891. The van der Waals surface area contributed by atoms with Gasteiger partial charge in [-0.3, -0.25) is 4.79 Å². The van der Waals surface area contributed by atoms with Crippen LogP contribution in [0.25, 0.3) is 0 Å². The van der Waals surface area contributed by atoms with Crippen molar-refractivity contribution < 1.29 is 9.53 Å². The Morgan fingerprint density at radius 2 is 1.76 bits per heavy atom. The average molecular weight is 394 g/mol. The number of benzene rings is 2. The minimum absolute atomic E-state index is 0.0346. The van der Waals surface area contributed by atoms with E-state index in [1.54, 1.807) is 0 Å². The molecule has 1 unspecified atom stereocenters. The molecule has 0 saturated heterocycles. The van der Waals surface area contributed by atoms with Crippen molar-refractivity contribution in [1.82, 2.24) is 0 Å². The predicted molar refractivity (Wildman–Crippen MR) is 121 cm³/mol. The Morgan fingerprint density at radius 3 is 2.38 bits per heavy atom. The number of ether oxygens (including phenoxy) is 1. The van der Waals surface area contributed by atoms with E-state index in [2.05, 4.69) is 90.2 Å². The maximum absolute atomic E-state index is 12.6. The topological polar surface area (TPSA) is 38.3 Å². The Balaban J connectivity index is 1.89. The van der Waals surface area contributed by atoms with Crippen LogP contribution in [-0.2, 0) is 11.2 Å². The van der Waals surface area contributed by atoms with Crippen molar-refractivity contribution in [2.45, 2.75) is 79.2 Å². The largest absolute Gasteiger partial charge is 0.487 e. The van der Waals surface area contributed by atoms with E-state index >= 15 is 0 Å². The van der Waals surface area contributed by atoms with Crippen molar-refractivity contribution in [1.29, 1.82) is 0 Å². The standard InChI is InChI=1S/C26H35NO2/c1-17-18(2)24-20(15-22(17)27-23(28)16-25(3,4)5)21(26(6,7)29-24)14-13-19-11-9-8-10-12-19/h8-12,15,21H,13-14,16H2,1-7H3,(H,27,28). The monoisotopic (exact) mass is 393 g/mol. The van der Waals surface area contributed by atoms with Gasteiger partial charge in [0.1, 0.15) is 11.4 Å². The number of fused-ring (bicyclic) bond motifs is 1. The summed E-state index contributed by atoms with van der Waals surface area (Å²) in [6.07, 6.45) is 2.53. The SMILES string of the molecule is Cc1c(NC(=O)CC(C)(C)C)cc2c(c1C)OC(C)(C)C2CCc1ccccc1. The van der Waals surface area contributed by atoms with E-state index in [0.717, 1.165) is 35.4 Å². The first kappa shape index (κ1) is 21.4. The highest BCUT2D eigenvalue weighted by atomic mass is 16.5. The van der Waals surface area contributed by atoms with Crippen LogP contribution in [0.3, 0.4) is 0 Å². The van der Waals surface area contributed by atoms with Crippen molar-refractivity contribution in [3.63, 3.8) is 0 Å². The van der Waals surface area contributed by atoms with E-state index in [1.807, 2.05) is 0 Å². The molecule has 0 radical (unpaired) electrons. The summed E-state index contributed by atoms with van der Waals surface area (Å²) < 4.78 is 6.43. The van der Waals surface area contributed by atoms with Gasteiger partial charge in [0.15, 0.2) is 0 Å². The normalized spacial score (nSPS) is 17.6. The zero-order chi connectivity index (χ0) is 21.4. The van der Waals surface area contributed by atoms with Gasteiger partial charge >= 0.3 is 0 Å². The Morgan fingerprint density at radius 1 is 1.10 bits per heavy atom. The Labute approximate surface area is 175 Å². The average Bonchev–Trinajstić information content (AvgIpc) is 2.87. The van der Waals surface area contributed by atoms with Crippen LogP contribution in [0.4, 0.5) is 5.69 Å². The first-order chi connectivity index (χ1) is 13.5. The molecule has 0 bridgehead atoms. The molecule has 0 aliphatic carbocycles. The highest BCUT2D eigenvalue weighted by Crippen LogP contribution is 2.50. The molecule has 1 amide bonds. The smallest absolute Gasteiger partial charge is 0.224 e. The quantitative estimate of drug-likeness (QED) is 0.624. The molecule has 0 aromatic heterocycles. The molecule has 2 aromatic rings. The number of amides is 1. The summed E-state index contributed by atoms with van der Waals surface area (Å²) in [5.41, 5.74) is 5.41. The number of hydrogen-bond acceptors (Lipinski definition) is 2. The summed E-state index contributed by atoms with van der Waals surface area (Å²) in [7, 11) is 0. The zero-order valence-corrected chi connectivity index (χ0v) is 19.0. The maximum atomic E-state index is 12.6. The summed E-state index contributed by atoms with van der Waals surface area (Å²) in [4.78, 5) is 12.6. The molecule has 0 fully saturated rings. The molecular weight excluding hydrogens is 358 g/mol. The first-order valence-corrected chi connectivity index (χ1v) is 10.6. The van der Waals surface area contributed by atoms with Gasteiger partial charge < -0.3 is 10.1 Å². The van der Waals surface area contributed by atoms with Gasteiger partial charge in [-0.1, -0.05) is 51.1 Å². The summed E-state index contributed by atoms with van der Waals surface area (Å²) >= 11 is 0. The second-order valence-corrected chi connectivity index (χ2v) is 10.2. The maximum Gasteiger partial charge on any atom is 0.224 e. The second kappa shape index (κ2) is 7.85. The molecule has 0 saturated carbocycles. The van der Waals surface area contributed by atoms with Gasteiger partial charge in [0, 0.05) is 23.6 Å². The van der Waals surface area contributed by atoms with Crippen LogP contribution in [0.2, 0.25) is 0 Å². The molecule has 1 aliphatic rings. The van der Waals surface area contributed by atoms with Gasteiger partial charge in [-0.25, -0.2) is 0 Å². The lowest BCUT2D eigenvalue weighted by atomic mass is 9.81. The fourth-order valence-electron chi connectivity index (χ4n) is 4.29. The van der Waals surface area contributed by atoms with Gasteiger partial charge in [0.05, 0.1) is 0 Å². The lowest BCUT2D eigenvalue weighted by Crippen LogP contribution is -2.30. The fraction of sp³-hybridized carbons (Fsp3) is 0.500. The second-order valence-electron chi connectivity index (χ2n) is 10.2. The van der Waals surface area contributed by atoms with Crippen molar-refractivity contribution >= 4 is 11.6 Å². The van der Waals surface area contributed by atoms with Gasteiger partial charge in [-0.05, 0) is 68.7 Å². The van der Waals surface area contributed by atoms with Crippen LogP contribution in [0.15, 0.2) is 36.4 Å². The molecule has 29 heavy (non-hydrogen) atoms. The zero-order valence-electron chi connectivity index (χ0n) is 19.0. The third-order valence-electron chi connectivity index (χ3n) is 5.98. The van der Waals surface area contributed by atoms with E-state index in [0.29, 0.717) is 6.42 Å². The number of rotatable bonds is 5.